The van der Waals surface area contributed by atoms with Crippen molar-refractivity contribution in [2.45, 2.75) is 6.92 Å². The van der Waals surface area contributed by atoms with Gasteiger partial charge in [-0.3, -0.25) is 9.59 Å². The Labute approximate surface area is 171 Å². The summed E-state index contributed by atoms with van der Waals surface area (Å²) in [6, 6.07) is 16.4. The lowest BCUT2D eigenvalue weighted by Gasteiger charge is -2.36. The summed E-state index contributed by atoms with van der Waals surface area (Å²) >= 11 is 0. The Morgan fingerprint density at radius 1 is 0.862 bits per heavy atom. The Morgan fingerprint density at radius 2 is 1.52 bits per heavy atom. The molecule has 2 aliphatic heterocycles. The minimum absolute atomic E-state index is 0.253. The molecule has 2 heterocycles. The van der Waals surface area contributed by atoms with Crippen LogP contribution in [0, 0.1) is 0 Å². The standard InChI is InChI=1S/C23H25N3O3/c1-3-24-13-15-25(16-14-24)21-20(17-9-11-19(29-2)12-10-17)22(27)26(23(21)28)18-7-5-4-6-8-18/h4-12H,3,13-16H2,1-2H3. The molecule has 0 unspecified atom stereocenters. The maximum atomic E-state index is 13.4. The predicted octanol–water partition coefficient (Wildman–Crippen LogP) is 2.62. The minimum atomic E-state index is -0.278. The van der Waals surface area contributed by atoms with Crippen molar-refractivity contribution < 1.29 is 14.3 Å². The summed E-state index contributed by atoms with van der Waals surface area (Å²) < 4.78 is 5.24. The van der Waals surface area contributed by atoms with E-state index in [0.29, 0.717) is 22.7 Å². The van der Waals surface area contributed by atoms with Gasteiger partial charge in [0.1, 0.15) is 11.4 Å². The number of carbonyl (C=O) groups excluding carboxylic acids is 2. The van der Waals surface area contributed by atoms with Crippen molar-refractivity contribution in [3.05, 3.63) is 65.9 Å². The van der Waals surface area contributed by atoms with E-state index >= 15 is 0 Å². The van der Waals surface area contributed by atoms with Gasteiger partial charge in [-0.05, 0) is 36.4 Å². The van der Waals surface area contributed by atoms with Crippen LogP contribution in [0.15, 0.2) is 60.3 Å². The van der Waals surface area contributed by atoms with Crippen molar-refractivity contribution in [1.29, 1.82) is 0 Å². The van der Waals surface area contributed by atoms with Gasteiger partial charge in [-0.15, -0.1) is 0 Å². The molecular weight excluding hydrogens is 366 g/mol. The molecule has 0 spiro atoms. The van der Waals surface area contributed by atoms with E-state index in [4.69, 9.17) is 4.74 Å². The molecule has 0 aliphatic carbocycles. The molecule has 6 nitrogen and oxygen atoms in total. The van der Waals surface area contributed by atoms with Gasteiger partial charge in [0.25, 0.3) is 11.8 Å². The monoisotopic (exact) mass is 391 g/mol. The third-order valence-corrected chi connectivity index (χ3v) is 5.59. The molecule has 29 heavy (non-hydrogen) atoms. The van der Waals surface area contributed by atoms with E-state index in [1.165, 1.54) is 4.90 Å². The van der Waals surface area contributed by atoms with Crippen LogP contribution in [0.5, 0.6) is 5.75 Å². The maximum Gasteiger partial charge on any atom is 0.282 e. The van der Waals surface area contributed by atoms with E-state index in [-0.39, 0.29) is 11.8 Å². The van der Waals surface area contributed by atoms with Crippen LogP contribution in [0.25, 0.3) is 5.57 Å². The van der Waals surface area contributed by atoms with Crippen LogP contribution in [-0.4, -0.2) is 61.4 Å². The van der Waals surface area contributed by atoms with Crippen LogP contribution in [0.3, 0.4) is 0 Å². The number of imide groups is 1. The molecule has 0 radical (unpaired) electrons. The highest BCUT2D eigenvalue weighted by molar-refractivity contribution is 6.45. The summed E-state index contributed by atoms with van der Waals surface area (Å²) in [4.78, 5) is 32.6. The molecule has 1 fully saturated rings. The smallest absolute Gasteiger partial charge is 0.282 e. The first-order valence-corrected chi connectivity index (χ1v) is 9.94. The summed E-state index contributed by atoms with van der Waals surface area (Å²) in [5.41, 5.74) is 2.29. The second-order valence-electron chi connectivity index (χ2n) is 7.15. The Kier molecular flexibility index (Phi) is 5.36. The fourth-order valence-corrected chi connectivity index (χ4v) is 3.93. The molecule has 150 valence electrons. The fourth-order valence-electron chi connectivity index (χ4n) is 3.93. The maximum absolute atomic E-state index is 13.4. The largest absolute Gasteiger partial charge is 0.497 e. The zero-order valence-electron chi connectivity index (χ0n) is 16.8. The van der Waals surface area contributed by atoms with Crippen molar-refractivity contribution in [3.8, 4) is 5.75 Å². The van der Waals surface area contributed by atoms with Crippen molar-refractivity contribution in [2.24, 2.45) is 0 Å². The Balaban J connectivity index is 1.76. The Morgan fingerprint density at radius 3 is 2.10 bits per heavy atom. The molecule has 0 bridgehead atoms. The van der Waals surface area contributed by atoms with Gasteiger partial charge >= 0.3 is 0 Å². The first kappa shape index (κ1) is 19.2. The zero-order chi connectivity index (χ0) is 20.4. The highest BCUT2D eigenvalue weighted by Gasteiger charge is 2.42. The van der Waals surface area contributed by atoms with Gasteiger partial charge < -0.3 is 14.5 Å². The van der Waals surface area contributed by atoms with Gasteiger partial charge in [-0.25, -0.2) is 4.90 Å². The molecule has 2 aromatic carbocycles. The summed E-state index contributed by atoms with van der Waals surface area (Å²) in [7, 11) is 1.61. The van der Waals surface area contributed by atoms with Crippen molar-refractivity contribution >= 4 is 23.1 Å². The number of methoxy groups -OCH3 is 1. The number of hydrogen-bond donors (Lipinski definition) is 0. The number of benzene rings is 2. The van der Waals surface area contributed by atoms with E-state index in [2.05, 4.69) is 16.7 Å². The van der Waals surface area contributed by atoms with Gasteiger partial charge in [-0.2, -0.15) is 0 Å². The third kappa shape index (κ3) is 3.51. The van der Waals surface area contributed by atoms with Crippen LogP contribution >= 0.6 is 0 Å². The minimum Gasteiger partial charge on any atom is -0.497 e. The molecule has 1 saturated heterocycles. The van der Waals surface area contributed by atoms with Gasteiger partial charge in [0.2, 0.25) is 0 Å². The second kappa shape index (κ2) is 8.09. The molecule has 4 rings (SSSR count). The summed E-state index contributed by atoms with van der Waals surface area (Å²) in [5, 5.41) is 0. The number of piperazine rings is 1. The molecule has 0 atom stereocenters. The third-order valence-electron chi connectivity index (χ3n) is 5.59. The number of amides is 2. The summed E-state index contributed by atoms with van der Waals surface area (Å²) in [5.74, 6) is 0.181. The molecule has 0 saturated carbocycles. The van der Waals surface area contributed by atoms with Gasteiger partial charge in [-0.1, -0.05) is 37.3 Å². The molecule has 2 aromatic rings. The highest BCUT2D eigenvalue weighted by atomic mass is 16.5. The quantitative estimate of drug-likeness (QED) is 0.734. The lowest BCUT2D eigenvalue weighted by atomic mass is 10.0. The van der Waals surface area contributed by atoms with E-state index in [1.807, 2.05) is 42.5 Å². The van der Waals surface area contributed by atoms with E-state index in [9.17, 15) is 9.59 Å². The number of anilines is 1. The van der Waals surface area contributed by atoms with Crippen molar-refractivity contribution in [1.82, 2.24) is 9.80 Å². The predicted molar refractivity (Wildman–Crippen MR) is 113 cm³/mol. The molecule has 2 amide bonds. The molecule has 6 heteroatoms. The van der Waals surface area contributed by atoms with Gasteiger partial charge in [0, 0.05) is 26.2 Å². The first-order chi connectivity index (χ1) is 14.1. The second-order valence-corrected chi connectivity index (χ2v) is 7.15. The van der Waals surface area contributed by atoms with Crippen LogP contribution in [0.2, 0.25) is 0 Å². The number of ether oxygens (including phenoxy) is 1. The van der Waals surface area contributed by atoms with Gasteiger partial charge in [0.05, 0.1) is 18.4 Å². The molecule has 0 aromatic heterocycles. The van der Waals surface area contributed by atoms with Crippen LogP contribution in [0.4, 0.5) is 5.69 Å². The number of likely N-dealkylation sites (N-methyl/N-ethyl adjacent to an activating group) is 1. The zero-order valence-corrected chi connectivity index (χ0v) is 16.8. The average molecular weight is 391 g/mol. The van der Waals surface area contributed by atoms with Crippen LogP contribution in [0.1, 0.15) is 12.5 Å². The fraction of sp³-hybridized carbons (Fsp3) is 0.304. The average Bonchev–Trinajstić information content (AvgIpc) is 3.04. The van der Waals surface area contributed by atoms with E-state index in [0.717, 1.165) is 38.3 Å². The molecule has 2 aliphatic rings. The summed E-state index contributed by atoms with van der Waals surface area (Å²) in [6.07, 6.45) is 0. The van der Waals surface area contributed by atoms with Crippen molar-refractivity contribution in [3.63, 3.8) is 0 Å². The molecule has 0 N–H and O–H groups in total. The highest BCUT2D eigenvalue weighted by Crippen LogP contribution is 2.35. The first-order valence-electron chi connectivity index (χ1n) is 9.94. The number of rotatable bonds is 5. The van der Waals surface area contributed by atoms with Gasteiger partial charge in [0.15, 0.2) is 0 Å². The van der Waals surface area contributed by atoms with Crippen molar-refractivity contribution in [2.75, 3.05) is 44.7 Å². The molecular formula is C23H25N3O3. The number of nitrogens with zero attached hydrogens (tertiary/aromatic N) is 3. The lowest BCUT2D eigenvalue weighted by molar-refractivity contribution is -0.120. The normalized spacial score (nSPS) is 18.0. The van der Waals surface area contributed by atoms with E-state index in [1.54, 1.807) is 19.2 Å². The summed E-state index contributed by atoms with van der Waals surface area (Å²) in [6.45, 7) is 6.33. The number of para-hydroxylation sites is 1. The Bertz CT molecular complexity index is 930. The van der Waals surface area contributed by atoms with Crippen LogP contribution in [-0.2, 0) is 9.59 Å². The Hall–Kier alpha value is -3.12. The number of carbonyl (C=O) groups is 2. The SMILES string of the molecule is CCN1CCN(C2=C(c3ccc(OC)cc3)C(=O)N(c3ccccc3)C2=O)CC1. The topological polar surface area (TPSA) is 53.1 Å². The lowest BCUT2D eigenvalue weighted by Crippen LogP contribution is -2.47. The van der Waals surface area contributed by atoms with Crippen LogP contribution < -0.4 is 9.64 Å². The number of hydrogen-bond acceptors (Lipinski definition) is 5. The van der Waals surface area contributed by atoms with E-state index < -0.39 is 0 Å².